The molecule has 4 bridgehead atoms. The maximum Gasteiger partial charge on any atom is 0.264 e. The summed E-state index contributed by atoms with van der Waals surface area (Å²) in [5, 5.41) is 0. The highest BCUT2D eigenvalue weighted by Crippen LogP contribution is 2.58. The zero-order chi connectivity index (χ0) is 28.8. The molecular weight excluding hydrogens is 534 g/mol. The number of aromatic nitrogens is 2. The molecule has 7 nitrogen and oxygen atoms in total. The van der Waals surface area contributed by atoms with E-state index in [4.69, 9.17) is 9.47 Å². The van der Waals surface area contributed by atoms with E-state index >= 15 is 0 Å². The summed E-state index contributed by atoms with van der Waals surface area (Å²) in [6.07, 6.45) is 5.52. The predicted octanol–water partition coefficient (Wildman–Crippen LogP) is 6.91. The Morgan fingerprint density at radius 1 is 1.00 bits per heavy atom. The lowest BCUT2D eigenvalue weighted by Gasteiger charge is -2.54. The molecule has 1 saturated carbocycles. The Balaban J connectivity index is 1.43. The van der Waals surface area contributed by atoms with Crippen LogP contribution in [0.15, 0.2) is 53.4 Å². The minimum atomic E-state index is -3.92. The van der Waals surface area contributed by atoms with E-state index in [1.807, 2.05) is 50.2 Å². The van der Waals surface area contributed by atoms with Gasteiger partial charge in [-0.15, -0.1) is 0 Å². The lowest BCUT2D eigenvalue weighted by Crippen LogP contribution is -2.46. The molecule has 1 spiro atoms. The number of nitrogens with one attached hydrogen (secondary N) is 1. The van der Waals surface area contributed by atoms with Crippen molar-refractivity contribution in [2.45, 2.75) is 70.6 Å². The van der Waals surface area contributed by atoms with Crippen molar-refractivity contribution >= 4 is 16.0 Å². The van der Waals surface area contributed by atoms with Crippen LogP contribution in [0.2, 0.25) is 0 Å². The van der Waals surface area contributed by atoms with Crippen LogP contribution in [0.5, 0.6) is 5.88 Å². The van der Waals surface area contributed by atoms with E-state index in [2.05, 4.69) is 34.6 Å². The molecule has 2 atom stereocenters. The monoisotopic (exact) mass is 575 g/mol. The number of nitrogens with zero attached hydrogens (tertiary/aromatic N) is 2. The van der Waals surface area contributed by atoms with Crippen molar-refractivity contribution in [2.24, 2.45) is 23.2 Å². The number of ether oxygens (including phenoxy) is 2. The Morgan fingerprint density at radius 2 is 1.71 bits per heavy atom. The van der Waals surface area contributed by atoms with Crippen LogP contribution in [0.25, 0.3) is 11.3 Å². The van der Waals surface area contributed by atoms with Gasteiger partial charge in [0.25, 0.3) is 10.0 Å². The molecule has 41 heavy (non-hydrogen) atoms. The van der Waals surface area contributed by atoms with Crippen LogP contribution < -0.4 is 9.46 Å². The van der Waals surface area contributed by atoms with Crippen molar-refractivity contribution in [3.05, 3.63) is 65.2 Å². The average molecular weight is 576 g/mol. The van der Waals surface area contributed by atoms with Gasteiger partial charge in [-0.1, -0.05) is 44.2 Å². The molecule has 1 aromatic heterocycles. The van der Waals surface area contributed by atoms with Gasteiger partial charge in [0.05, 0.1) is 17.2 Å². The van der Waals surface area contributed by atoms with Gasteiger partial charge in [-0.2, -0.15) is 4.98 Å². The third kappa shape index (κ3) is 5.73. The lowest BCUT2D eigenvalue weighted by atomic mass is 9.52. The SMILES string of the molecule is Cc1cccc(C)c1-c1cc2nc(n1)NS(=O)(=O)c1cccc(c1)C(C1CC3(CCOCC3)C1)C(CC(C)C)CO2. The maximum atomic E-state index is 13.7. The highest BCUT2D eigenvalue weighted by atomic mass is 32.2. The molecule has 1 N–H and O–H groups in total. The largest absolute Gasteiger partial charge is 0.477 e. The van der Waals surface area contributed by atoms with Crippen LogP contribution in [0, 0.1) is 37.0 Å². The Bertz CT molecular complexity index is 1500. The number of sulfonamides is 1. The zero-order valence-corrected chi connectivity index (χ0v) is 25.3. The Labute approximate surface area is 244 Å². The molecule has 0 amide bonds. The van der Waals surface area contributed by atoms with Crippen molar-refractivity contribution < 1.29 is 17.9 Å². The van der Waals surface area contributed by atoms with E-state index in [9.17, 15) is 8.42 Å². The predicted molar refractivity (Wildman–Crippen MR) is 161 cm³/mol. The summed E-state index contributed by atoms with van der Waals surface area (Å²) in [4.78, 5) is 9.43. The van der Waals surface area contributed by atoms with Crippen LogP contribution in [-0.4, -0.2) is 38.2 Å². The van der Waals surface area contributed by atoms with Crippen LogP contribution in [0.3, 0.4) is 0 Å². The minimum Gasteiger partial charge on any atom is -0.477 e. The topological polar surface area (TPSA) is 90.4 Å². The first-order valence-corrected chi connectivity index (χ1v) is 16.4. The van der Waals surface area contributed by atoms with Crippen LogP contribution in [0.1, 0.15) is 68.6 Å². The quantitative estimate of drug-likeness (QED) is 0.364. The molecule has 3 aliphatic rings. The Hall–Kier alpha value is -2.97. The lowest BCUT2D eigenvalue weighted by molar-refractivity contribution is -0.0732. The summed E-state index contributed by atoms with van der Waals surface area (Å²) in [5.41, 5.74) is 5.16. The van der Waals surface area contributed by atoms with Gasteiger partial charge < -0.3 is 9.47 Å². The van der Waals surface area contributed by atoms with Gasteiger partial charge in [-0.25, -0.2) is 18.1 Å². The van der Waals surface area contributed by atoms with Gasteiger partial charge >= 0.3 is 0 Å². The normalized spacial score (nSPS) is 23.5. The highest BCUT2D eigenvalue weighted by molar-refractivity contribution is 7.92. The summed E-state index contributed by atoms with van der Waals surface area (Å²) in [5.74, 6) is 1.76. The first-order chi connectivity index (χ1) is 19.6. The molecule has 2 fully saturated rings. The number of benzene rings is 2. The molecule has 3 heterocycles. The van der Waals surface area contributed by atoms with Gasteiger partial charge in [0.1, 0.15) is 0 Å². The average Bonchev–Trinajstić information content (AvgIpc) is 2.90. The standard InChI is InChI=1S/C33H41N3O4S/c1-21(2)15-25-20-40-29-17-28(30-22(3)7-5-8-23(30)4)34-32(35-29)36-41(37,38)27-10-6-9-24(16-27)31(25)26-18-33(19-26)11-13-39-14-12-33/h5-10,16-17,21,25-26,31H,11-15,18-20H2,1-4H3,(H,34,35,36). The molecular formula is C33H41N3O4S. The first kappa shape index (κ1) is 28.2. The zero-order valence-electron chi connectivity index (χ0n) is 24.5. The summed E-state index contributed by atoms with van der Waals surface area (Å²) in [6, 6.07) is 15.4. The number of rotatable bonds is 4. The molecule has 6 rings (SSSR count). The number of aryl methyl sites for hydroxylation is 2. The summed E-state index contributed by atoms with van der Waals surface area (Å²) in [7, 11) is -3.92. The summed E-state index contributed by atoms with van der Waals surface area (Å²) in [6.45, 7) is 10.8. The second-order valence-electron chi connectivity index (χ2n) is 12.9. The first-order valence-electron chi connectivity index (χ1n) is 14.9. The number of anilines is 1. The van der Waals surface area contributed by atoms with Gasteiger partial charge in [0.2, 0.25) is 11.8 Å². The molecule has 0 radical (unpaired) electrons. The summed E-state index contributed by atoms with van der Waals surface area (Å²) >= 11 is 0. The summed E-state index contributed by atoms with van der Waals surface area (Å²) < 4.78 is 42.2. The van der Waals surface area contributed by atoms with Crippen LogP contribution in [-0.2, 0) is 14.8 Å². The maximum absolute atomic E-state index is 13.7. The van der Waals surface area contributed by atoms with Crippen molar-refractivity contribution in [1.29, 1.82) is 0 Å². The molecule has 8 heteroatoms. The van der Waals surface area contributed by atoms with Crippen LogP contribution in [0.4, 0.5) is 5.95 Å². The van der Waals surface area contributed by atoms with Gasteiger partial charge in [-0.05, 0) is 97.9 Å². The third-order valence-electron chi connectivity index (χ3n) is 9.40. The highest BCUT2D eigenvalue weighted by Gasteiger charge is 2.49. The number of hydrogen-bond donors (Lipinski definition) is 1. The molecule has 2 aliphatic heterocycles. The molecule has 2 unspecified atom stereocenters. The van der Waals surface area contributed by atoms with Gasteiger partial charge in [0, 0.05) is 30.8 Å². The molecule has 1 aliphatic carbocycles. The second-order valence-corrected chi connectivity index (χ2v) is 14.5. The van der Waals surface area contributed by atoms with Crippen molar-refractivity contribution in [3.63, 3.8) is 0 Å². The molecule has 218 valence electrons. The van der Waals surface area contributed by atoms with E-state index in [0.717, 1.165) is 67.6 Å². The minimum absolute atomic E-state index is 0.0172. The van der Waals surface area contributed by atoms with E-state index in [-0.39, 0.29) is 22.7 Å². The second kappa shape index (κ2) is 11.0. The van der Waals surface area contributed by atoms with Gasteiger partial charge in [0.15, 0.2) is 0 Å². The third-order valence-corrected chi connectivity index (χ3v) is 10.7. The van der Waals surface area contributed by atoms with Crippen molar-refractivity contribution in [1.82, 2.24) is 9.97 Å². The fourth-order valence-electron chi connectivity index (χ4n) is 7.52. The smallest absolute Gasteiger partial charge is 0.264 e. The number of hydrogen-bond acceptors (Lipinski definition) is 6. The molecule has 1 saturated heterocycles. The van der Waals surface area contributed by atoms with Crippen molar-refractivity contribution in [2.75, 3.05) is 24.5 Å². The van der Waals surface area contributed by atoms with Crippen molar-refractivity contribution in [3.8, 4) is 17.1 Å². The number of fused-ring (bicyclic) bond motifs is 4. The van der Waals surface area contributed by atoms with Gasteiger partial charge in [-0.3, -0.25) is 0 Å². The Morgan fingerprint density at radius 3 is 2.41 bits per heavy atom. The van der Waals surface area contributed by atoms with E-state index in [0.29, 0.717) is 35.4 Å². The molecule has 3 aromatic rings. The van der Waals surface area contributed by atoms with E-state index in [1.165, 1.54) is 0 Å². The van der Waals surface area contributed by atoms with E-state index < -0.39 is 10.0 Å². The molecule has 2 aromatic carbocycles. The van der Waals surface area contributed by atoms with Crippen LogP contribution >= 0.6 is 0 Å². The fourth-order valence-corrected chi connectivity index (χ4v) is 8.52. The fraction of sp³-hybridized carbons (Fsp3) is 0.515. The van der Waals surface area contributed by atoms with E-state index in [1.54, 1.807) is 6.07 Å². The Kier molecular flexibility index (Phi) is 7.57.